The lowest BCUT2D eigenvalue weighted by atomic mass is 10.2. The minimum Gasteiger partial charge on any atom is -0.370 e. The van der Waals surface area contributed by atoms with Crippen LogP contribution in [0.3, 0.4) is 0 Å². The molecule has 0 radical (unpaired) electrons. The molecule has 0 aromatic carbocycles. The quantitative estimate of drug-likeness (QED) is 0.440. The van der Waals surface area contributed by atoms with Gasteiger partial charge in [-0.25, -0.2) is 0 Å². The Balaban J connectivity index is 2.37. The molecule has 4 heteroatoms. The zero-order chi connectivity index (χ0) is 11.8. The molecule has 1 rings (SSSR count). The van der Waals surface area contributed by atoms with Crippen LogP contribution >= 0.6 is 0 Å². The molecular formula is C12H18N4. The Bertz CT molecular complexity index is 371. The Hall–Kier alpha value is -1.84. The molecule has 16 heavy (non-hydrogen) atoms. The van der Waals surface area contributed by atoms with Crippen LogP contribution in [0.15, 0.2) is 35.8 Å². The molecule has 0 aliphatic heterocycles. The fourth-order valence-corrected chi connectivity index (χ4v) is 1.26. The smallest absolute Gasteiger partial charge is 0.188 e. The molecule has 86 valence electrons. The Morgan fingerprint density at radius 2 is 2.44 bits per heavy atom. The van der Waals surface area contributed by atoms with E-state index in [1.165, 1.54) is 0 Å². The molecule has 1 aromatic rings. The van der Waals surface area contributed by atoms with Gasteiger partial charge in [-0.3, -0.25) is 9.98 Å². The zero-order valence-corrected chi connectivity index (χ0v) is 9.61. The number of aromatic nitrogens is 1. The van der Waals surface area contributed by atoms with Gasteiger partial charge in [-0.1, -0.05) is 12.1 Å². The van der Waals surface area contributed by atoms with E-state index in [4.69, 9.17) is 5.73 Å². The van der Waals surface area contributed by atoms with Crippen LogP contribution in [0.4, 0.5) is 0 Å². The summed E-state index contributed by atoms with van der Waals surface area (Å²) in [5.74, 6) is 0.451. The van der Waals surface area contributed by atoms with Gasteiger partial charge < -0.3 is 11.1 Å². The maximum Gasteiger partial charge on any atom is 0.188 e. The number of pyridine rings is 1. The molecule has 1 heterocycles. The van der Waals surface area contributed by atoms with E-state index in [0.717, 1.165) is 17.8 Å². The third kappa shape index (κ3) is 4.59. The predicted octanol–water partition coefficient (Wildman–Crippen LogP) is 1.02. The van der Waals surface area contributed by atoms with Crippen molar-refractivity contribution in [3.63, 3.8) is 0 Å². The number of hydrogen-bond donors (Lipinski definition) is 2. The number of rotatable bonds is 5. The van der Waals surface area contributed by atoms with Gasteiger partial charge >= 0.3 is 0 Å². The van der Waals surface area contributed by atoms with Gasteiger partial charge in [0.25, 0.3) is 0 Å². The first-order chi connectivity index (χ1) is 7.72. The van der Waals surface area contributed by atoms with Crippen LogP contribution in [0.1, 0.15) is 11.4 Å². The van der Waals surface area contributed by atoms with Crippen LogP contribution in [0.2, 0.25) is 0 Å². The van der Waals surface area contributed by atoms with Crippen molar-refractivity contribution < 1.29 is 0 Å². The summed E-state index contributed by atoms with van der Waals surface area (Å²) in [5.41, 5.74) is 7.69. The SMILES string of the molecule is C=CCNC(N)=NCCc1cccc(C)n1. The lowest BCUT2D eigenvalue weighted by Gasteiger charge is -2.02. The van der Waals surface area contributed by atoms with E-state index in [1.807, 2.05) is 25.1 Å². The highest BCUT2D eigenvalue weighted by Gasteiger charge is 1.94. The lowest BCUT2D eigenvalue weighted by molar-refractivity contribution is 0.893. The second-order valence-electron chi connectivity index (χ2n) is 3.46. The average molecular weight is 218 g/mol. The summed E-state index contributed by atoms with van der Waals surface area (Å²) >= 11 is 0. The van der Waals surface area contributed by atoms with E-state index in [1.54, 1.807) is 6.08 Å². The number of aryl methyl sites for hydroxylation is 1. The van der Waals surface area contributed by atoms with E-state index in [-0.39, 0.29) is 0 Å². The topological polar surface area (TPSA) is 63.3 Å². The van der Waals surface area contributed by atoms with E-state index >= 15 is 0 Å². The molecule has 0 saturated heterocycles. The Morgan fingerprint density at radius 3 is 3.12 bits per heavy atom. The highest BCUT2D eigenvalue weighted by molar-refractivity contribution is 5.77. The highest BCUT2D eigenvalue weighted by atomic mass is 15.1. The Kier molecular flexibility index (Phi) is 5.05. The summed E-state index contributed by atoms with van der Waals surface area (Å²) in [6.07, 6.45) is 2.54. The second-order valence-corrected chi connectivity index (χ2v) is 3.46. The number of guanidine groups is 1. The first-order valence-electron chi connectivity index (χ1n) is 5.29. The number of nitrogens with one attached hydrogen (secondary N) is 1. The molecule has 0 saturated carbocycles. The molecule has 0 aliphatic rings. The van der Waals surface area contributed by atoms with Crippen molar-refractivity contribution in [2.75, 3.05) is 13.1 Å². The number of aliphatic imine (C=N–C) groups is 1. The van der Waals surface area contributed by atoms with E-state index in [2.05, 4.69) is 21.9 Å². The van der Waals surface area contributed by atoms with Crippen LogP contribution in [-0.4, -0.2) is 24.0 Å². The van der Waals surface area contributed by atoms with E-state index < -0.39 is 0 Å². The van der Waals surface area contributed by atoms with Gasteiger partial charge in [0.1, 0.15) is 0 Å². The number of hydrogen-bond acceptors (Lipinski definition) is 2. The number of nitrogens with two attached hydrogens (primary N) is 1. The lowest BCUT2D eigenvalue weighted by Crippen LogP contribution is -2.31. The molecule has 1 aromatic heterocycles. The summed E-state index contributed by atoms with van der Waals surface area (Å²) in [4.78, 5) is 8.57. The molecule has 0 atom stereocenters. The monoisotopic (exact) mass is 218 g/mol. The summed E-state index contributed by atoms with van der Waals surface area (Å²) in [6.45, 7) is 6.85. The third-order valence-electron chi connectivity index (χ3n) is 2.02. The molecule has 4 nitrogen and oxygen atoms in total. The van der Waals surface area contributed by atoms with Gasteiger partial charge in [0.15, 0.2) is 5.96 Å². The summed E-state index contributed by atoms with van der Waals surface area (Å²) in [7, 11) is 0. The average Bonchev–Trinajstić information content (AvgIpc) is 2.26. The fourth-order valence-electron chi connectivity index (χ4n) is 1.26. The standard InChI is InChI=1S/C12H18N4/c1-3-8-14-12(13)15-9-7-11-6-4-5-10(2)16-11/h3-6H,1,7-9H2,2H3,(H3,13,14,15). The second kappa shape index (κ2) is 6.61. The number of nitrogens with zero attached hydrogens (tertiary/aromatic N) is 2. The summed E-state index contributed by atoms with van der Waals surface area (Å²) in [6, 6.07) is 5.98. The van der Waals surface area contributed by atoms with Gasteiger partial charge in [0.05, 0.1) is 0 Å². The van der Waals surface area contributed by atoms with E-state index in [9.17, 15) is 0 Å². The van der Waals surface area contributed by atoms with Crippen molar-refractivity contribution in [1.82, 2.24) is 10.3 Å². The first-order valence-corrected chi connectivity index (χ1v) is 5.29. The minimum absolute atomic E-state index is 0.451. The molecule has 0 aliphatic carbocycles. The van der Waals surface area contributed by atoms with Crippen molar-refractivity contribution >= 4 is 5.96 Å². The molecule has 3 N–H and O–H groups in total. The Labute approximate surface area is 96.3 Å². The van der Waals surface area contributed by atoms with Crippen molar-refractivity contribution in [2.45, 2.75) is 13.3 Å². The van der Waals surface area contributed by atoms with Gasteiger partial charge in [0.2, 0.25) is 0 Å². The minimum atomic E-state index is 0.451. The van der Waals surface area contributed by atoms with Crippen molar-refractivity contribution in [1.29, 1.82) is 0 Å². The predicted molar refractivity (Wildman–Crippen MR) is 67.4 cm³/mol. The van der Waals surface area contributed by atoms with Crippen LogP contribution in [0, 0.1) is 6.92 Å². The maximum atomic E-state index is 5.62. The van der Waals surface area contributed by atoms with Crippen LogP contribution in [-0.2, 0) is 6.42 Å². The first kappa shape index (κ1) is 12.2. The largest absolute Gasteiger partial charge is 0.370 e. The van der Waals surface area contributed by atoms with Crippen molar-refractivity contribution in [2.24, 2.45) is 10.7 Å². The molecule has 0 bridgehead atoms. The molecular weight excluding hydrogens is 200 g/mol. The van der Waals surface area contributed by atoms with Gasteiger partial charge in [-0.2, -0.15) is 0 Å². The van der Waals surface area contributed by atoms with Gasteiger partial charge in [0, 0.05) is 30.9 Å². The molecule has 0 fully saturated rings. The summed E-state index contributed by atoms with van der Waals surface area (Å²) in [5, 5.41) is 2.92. The normalized spacial score (nSPS) is 11.2. The summed E-state index contributed by atoms with van der Waals surface area (Å²) < 4.78 is 0. The molecule has 0 unspecified atom stereocenters. The van der Waals surface area contributed by atoms with Crippen LogP contribution < -0.4 is 11.1 Å². The van der Waals surface area contributed by atoms with Crippen LogP contribution in [0.25, 0.3) is 0 Å². The maximum absolute atomic E-state index is 5.62. The van der Waals surface area contributed by atoms with E-state index in [0.29, 0.717) is 19.0 Å². The Morgan fingerprint density at radius 1 is 1.62 bits per heavy atom. The molecule has 0 amide bonds. The third-order valence-corrected chi connectivity index (χ3v) is 2.02. The fraction of sp³-hybridized carbons (Fsp3) is 0.333. The van der Waals surface area contributed by atoms with Crippen molar-refractivity contribution in [3.05, 3.63) is 42.2 Å². The van der Waals surface area contributed by atoms with Crippen LogP contribution in [0.5, 0.6) is 0 Å². The van der Waals surface area contributed by atoms with Gasteiger partial charge in [-0.05, 0) is 19.1 Å². The van der Waals surface area contributed by atoms with Gasteiger partial charge in [-0.15, -0.1) is 6.58 Å². The highest BCUT2D eigenvalue weighted by Crippen LogP contribution is 1.98. The van der Waals surface area contributed by atoms with Crippen molar-refractivity contribution in [3.8, 4) is 0 Å². The molecule has 0 spiro atoms. The zero-order valence-electron chi connectivity index (χ0n) is 9.61.